The molecule has 1 atom stereocenters. The zero-order valence-electron chi connectivity index (χ0n) is 15.5. The van der Waals surface area contributed by atoms with Crippen molar-refractivity contribution in [3.05, 3.63) is 34.7 Å². The smallest absolute Gasteiger partial charge is 0.249 e. The summed E-state index contributed by atoms with van der Waals surface area (Å²) in [4.78, 5) is 28.8. The lowest BCUT2D eigenvalue weighted by molar-refractivity contribution is -0.126. The highest BCUT2D eigenvalue weighted by atomic mass is 32.1. The number of hydrogen-bond acceptors (Lipinski definition) is 4. The maximum atomic E-state index is 12.7. The Morgan fingerprint density at radius 2 is 1.92 bits per heavy atom. The van der Waals surface area contributed by atoms with E-state index in [0.29, 0.717) is 5.13 Å². The van der Waals surface area contributed by atoms with Gasteiger partial charge >= 0.3 is 0 Å². The van der Waals surface area contributed by atoms with Crippen LogP contribution in [0.25, 0.3) is 11.3 Å². The summed E-state index contributed by atoms with van der Waals surface area (Å²) < 4.78 is 0. The molecule has 1 aliphatic rings. The van der Waals surface area contributed by atoms with Crippen LogP contribution in [0.1, 0.15) is 43.7 Å². The van der Waals surface area contributed by atoms with Crippen LogP contribution in [-0.4, -0.2) is 22.8 Å². The Morgan fingerprint density at radius 3 is 2.58 bits per heavy atom. The number of amides is 2. The van der Waals surface area contributed by atoms with E-state index in [9.17, 15) is 9.59 Å². The van der Waals surface area contributed by atoms with Gasteiger partial charge in [-0.1, -0.05) is 25.0 Å². The molecule has 1 fully saturated rings. The van der Waals surface area contributed by atoms with Gasteiger partial charge in [0.15, 0.2) is 5.13 Å². The summed E-state index contributed by atoms with van der Waals surface area (Å²) in [6, 6.07) is 5.75. The molecule has 0 unspecified atom stereocenters. The minimum atomic E-state index is -0.482. The standard InChI is InChI=1S/C20H25N3O2S/c1-12-8-9-16(10-13(12)2)17-11-26-20(22-17)23-19(25)18(21-14(3)24)15-6-4-5-7-15/h8-11,15,18H,4-7H2,1-3H3,(H,21,24)(H,22,23,25)/t18-/m0/s1. The van der Waals surface area contributed by atoms with Crippen molar-refractivity contribution in [1.29, 1.82) is 0 Å². The van der Waals surface area contributed by atoms with Crippen LogP contribution in [0.2, 0.25) is 0 Å². The van der Waals surface area contributed by atoms with E-state index in [1.54, 1.807) is 0 Å². The SMILES string of the molecule is CC(=O)N[C@H](C(=O)Nc1nc(-c2ccc(C)c(C)c2)cs1)C1CCCC1. The third-order valence-corrected chi connectivity index (χ3v) is 5.81. The molecule has 138 valence electrons. The summed E-state index contributed by atoms with van der Waals surface area (Å²) >= 11 is 1.41. The molecule has 2 aromatic rings. The topological polar surface area (TPSA) is 71.1 Å². The Labute approximate surface area is 158 Å². The first kappa shape index (κ1) is 18.6. The molecule has 1 aliphatic carbocycles. The average Bonchev–Trinajstić information content (AvgIpc) is 3.27. The van der Waals surface area contributed by atoms with Gasteiger partial charge in [0.25, 0.3) is 0 Å². The molecule has 0 aliphatic heterocycles. The lowest BCUT2D eigenvalue weighted by Gasteiger charge is -2.22. The number of nitrogens with zero attached hydrogens (tertiary/aromatic N) is 1. The molecule has 3 rings (SSSR count). The normalized spacial score (nSPS) is 15.7. The van der Waals surface area contributed by atoms with E-state index in [4.69, 9.17) is 0 Å². The molecule has 0 saturated heterocycles. The Kier molecular flexibility index (Phi) is 5.71. The molecule has 1 heterocycles. The molecule has 0 spiro atoms. The van der Waals surface area contributed by atoms with Crippen LogP contribution in [-0.2, 0) is 9.59 Å². The van der Waals surface area contributed by atoms with Crippen LogP contribution < -0.4 is 10.6 Å². The molecule has 0 bridgehead atoms. The van der Waals surface area contributed by atoms with Crippen LogP contribution in [0, 0.1) is 19.8 Å². The first-order valence-corrected chi connectivity index (χ1v) is 9.93. The fourth-order valence-electron chi connectivity index (χ4n) is 3.45. The van der Waals surface area contributed by atoms with E-state index in [1.165, 1.54) is 29.4 Å². The number of hydrogen-bond donors (Lipinski definition) is 2. The summed E-state index contributed by atoms with van der Waals surface area (Å²) in [5, 5.41) is 8.23. The number of nitrogens with one attached hydrogen (secondary N) is 2. The average molecular weight is 372 g/mol. The van der Waals surface area contributed by atoms with E-state index < -0.39 is 6.04 Å². The zero-order chi connectivity index (χ0) is 18.7. The Bertz CT molecular complexity index is 809. The van der Waals surface area contributed by atoms with E-state index in [1.807, 2.05) is 11.4 Å². The zero-order valence-corrected chi connectivity index (χ0v) is 16.3. The summed E-state index contributed by atoms with van der Waals surface area (Å²) in [7, 11) is 0. The summed E-state index contributed by atoms with van der Waals surface area (Å²) in [6.45, 7) is 5.61. The number of benzene rings is 1. The minimum absolute atomic E-state index is 0.173. The van der Waals surface area contributed by atoms with Crippen LogP contribution >= 0.6 is 11.3 Å². The van der Waals surface area contributed by atoms with Crippen LogP contribution in [0.15, 0.2) is 23.6 Å². The van der Waals surface area contributed by atoms with Gasteiger partial charge in [-0.3, -0.25) is 9.59 Å². The summed E-state index contributed by atoms with van der Waals surface area (Å²) in [5.74, 6) is -0.141. The molecular formula is C20H25N3O2S. The molecule has 5 nitrogen and oxygen atoms in total. The molecule has 0 radical (unpaired) electrons. The quantitative estimate of drug-likeness (QED) is 0.832. The van der Waals surface area contributed by atoms with E-state index in [0.717, 1.165) is 36.9 Å². The van der Waals surface area contributed by atoms with Crippen molar-refractivity contribution in [3.63, 3.8) is 0 Å². The molecule has 1 aromatic heterocycles. The van der Waals surface area contributed by atoms with Crippen molar-refractivity contribution in [1.82, 2.24) is 10.3 Å². The minimum Gasteiger partial charge on any atom is -0.344 e. The highest BCUT2D eigenvalue weighted by Gasteiger charge is 2.31. The van der Waals surface area contributed by atoms with E-state index in [2.05, 4.69) is 41.6 Å². The van der Waals surface area contributed by atoms with Gasteiger partial charge in [-0.05, 0) is 49.8 Å². The van der Waals surface area contributed by atoms with Gasteiger partial charge in [0.1, 0.15) is 6.04 Å². The molecule has 26 heavy (non-hydrogen) atoms. The van der Waals surface area contributed by atoms with Crippen molar-refractivity contribution < 1.29 is 9.59 Å². The number of carbonyl (C=O) groups is 2. The third kappa shape index (κ3) is 4.30. The highest BCUT2D eigenvalue weighted by Crippen LogP contribution is 2.30. The number of rotatable bonds is 5. The van der Waals surface area contributed by atoms with Gasteiger partial charge in [0, 0.05) is 17.9 Å². The molecule has 2 amide bonds. The lowest BCUT2D eigenvalue weighted by Crippen LogP contribution is -2.47. The summed E-state index contributed by atoms with van der Waals surface area (Å²) in [5.41, 5.74) is 4.35. The number of thiazole rings is 1. The summed E-state index contributed by atoms with van der Waals surface area (Å²) in [6.07, 6.45) is 4.18. The second-order valence-corrected chi connectivity index (χ2v) is 7.91. The van der Waals surface area contributed by atoms with Gasteiger partial charge in [-0.2, -0.15) is 0 Å². The van der Waals surface area contributed by atoms with Gasteiger partial charge < -0.3 is 10.6 Å². The van der Waals surface area contributed by atoms with E-state index >= 15 is 0 Å². The molecule has 6 heteroatoms. The van der Waals surface area contributed by atoms with Crippen LogP contribution in [0.3, 0.4) is 0 Å². The monoisotopic (exact) mass is 371 g/mol. The second kappa shape index (κ2) is 7.99. The van der Waals surface area contributed by atoms with Crippen LogP contribution in [0.4, 0.5) is 5.13 Å². The van der Waals surface area contributed by atoms with E-state index in [-0.39, 0.29) is 17.7 Å². The van der Waals surface area contributed by atoms with Crippen molar-refractivity contribution in [2.75, 3.05) is 5.32 Å². The number of anilines is 1. The largest absolute Gasteiger partial charge is 0.344 e. The van der Waals surface area contributed by atoms with Gasteiger partial charge in [-0.15, -0.1) is 11.3 Å². The van der Waals surface area contributed by atoms with Gasteiger partial charge in [0.05, 0.1) is 5.69 Å². The third-order valence-electron chi connectivity index (χ3n) is 5.05. The molecular weight excluding hydrogens is 346 g/mol. The van der Waals surface area contributed by atoms with Gasteiger partial charge in [-0.25, -0.2) is 4.98 Å². The fourth-order valence-corrected chi connectivity index (χ4v) is 4.18. The fraction of sp³-hybridized carbons (Fsp3) is 0.450. The molecule has 2 N–H and O–H groups in total. The Balaban J connectivity index is 1.73. The first-order chi connectivity index (χ1) is 12.4. The molecule has 1 saturated carbocycles. The predicted molar refractivity (Wildman–Crippen MR) is 105 cm³/mol. The lowest BCUT2D eigenvalue weighted by atomic mass is 9.97. The first-order valence-electron chi connectivity index (χ1n) is 9.05. The van der Waals surface area contributed by atoms with Crippen molar-refractivity contribution >= 4 is 28.3 Å². The maximum Gasteiger partial charge on any atom is 0.249 e. The van der Waals surface area contributed by atoms with Crippen molar-refractivity contribution in [2.24, 2.45) is 5.92 Å². The van der Waals surface area contributed by atoms with Crippen molar-refractivity contribution in [3.8, 4) is 11.3 Å². The molecule has 1 aromatic carbocycles. The Hall–Kier alpha value is -2.21. The maximum absolute atomic E-state index is 12.7. The highest BCUT2D eigenvalue weighted by molar-refractivity contribution is 7.14. The number of aryl methyl sites for hydroxylation is 2. The number of aromatic nitrogens is 1. The predicted octanol–water partition coefficient (Wildman–Crippen LogP) is 4.06. The van der Waals surface area contributed by atoms with Gasteiger partial charge in [0.2, 0.25) is 11.8 Å². The van der Waals surface area contributed by atoms with Crippen LogP contribution in [0.5, 0.6) is 0 Å². The van der Waals surface area contributed by atoms with Crippen molar-refractivity contribution in [2.45, 2.75) is 52.5 Å². The Morgan fingerprint density at radius 1 is 1.19 bits per heavy atom. The second-order valence-electron chi connectivity index (χ2n) is 7.05. The number of carbonyl (C=O) groups excluding carboxylic acids is 2.